The Labute approximate surface area is 256 Å². The summed E-state index contributed by atoms with van der Waals surface area (Å²) in [5.74, 6) is -0.684. The number of allylic oxidation sites excluding steroid dienone is 2. The zero-order chi connectivity index (χ0) is 21.7. The van der Waals surface area contributed by atoms with E-state index in [0.29, 0.717) is 0 Å². The summed E-state index contributed by atoms with van der Waals surface area (Å²) in [6, 6.07) is 0. The maximum atomic E-state index is 10.7. The van der Waals surface area contributed by atoms with Gasteiger partial charge < -0.3 is 57.8 Å². The Morgan fingerprint density at radius 2 is 0.862 bits per heavy atom. The second-order valence-corrected chi connectivity index (χ2v) is 11.9. The average Bonchev–Trinajstić information content (AvgIpc) is 2.32. The first-order chi connectivity index (χ1) is 11.1. The molecule has 0 aromatic carbocycles. The molecule has 0 amide bonds. The van der Waals surface area contributed by atoms with Crippen molar-refractivity contribution in [3.05, 3.63) is 24.7 Å². The maximum Gasteiger partial charge on any atom is 2.00 e. The normalized spacial score (nSPS) is 16.9. The molecule has 0 saturated carbocycles. The standard InChI is InChI=1S/2C4H10O7P2.3Ca/c2*1-3(2)11-13(9,10)4(5)12(6,7)8;;;/h2*4-5H,1H2,2H3,(H,9,10)(H2,6,7,8);;;/q;;3*+2/p-6. The molecule has 0 rings (SSSR count). The third-order valence-electron chi connectivity index (χ3n) is 1.70. The molecule has 29 heavy (non-hydrogen) atoms. The molecule has 14 nitrogen and oxygen atoms in total. The predicted molar refractivity (Wildman–Crippen MR) is 91.5 cm³/mol. The number of aliphatic hydroxyl groups excluding tert-OH is 2. The molecule has 0 heterocycles. The summed E-state index contributed by atoms with van der Waals surface area (Å²) in [6.07, 6.45) is 0. The Morgan fingerprint density at radius 3 is 0.966 bits per heavy atom. The van der Waals surface area contributed by atoms with E-state index in [-0.39, 0.29) is 125 Å². The van der Waals surface area contributed by atoms with Crippen LogP contribution >= 0.6 is 30.4 Å². The van der Waals surface area contributed by atoms with E-state index in [1.165, 1.54) is 0 Å². The number of hydrogen-bond acceptors (Lipinski definition) is 14. The smallest absolute Gasteiger partial charge is 0.809 e. The molecule has 0 bridgehead atoms. The van der Waals surface area contributed by atoms with Crippen molar-refractivity contribution >= 4 is 144 Å². The van der Waals surface area contributed by atoms with Crippen LogP contribution in [0.3, 0.4) is 0 Å². The number of hydrogen-bond donors (Lipinski definition) is 2. The molecule has 0 aliphatic heterocycles. The molecule has 0 fully saturated rings. The van der Waals surface area contributed by atoms with Gasteiger partial charge in [0, 0.05) is 0 Å². The first kappa shape index (κ1) is 42.6. The molecule has 0 aliphatic carbocycles. The fourth-order valence-corrected chi connectivity index (χ4v) is 4.99. The van der Waals surface area contributed by atoms with Gasteiger partial charge in [-0.15, -0.1) is 0 Å². The van der Waals surface area contributed by atoms with Crippen molar-refractivity contribution in [2.75, 3.05) is 0 Å². The molecule has 2 N–H and O–H groups in total. The summed E-state index contributed by atoms with van der Waals surface area (Å²) in [6.45, 7) is 8.26. The van der Waals surface area contributed by atoms with Crippen molar-refractivity contribution in [3.8, 4) is 0 Å². The van der Waals surface area contributed by atoms with Crippen LogP contribution in [0.5, 0.6) is 0 Å². The van der Waals surface area contributed by atoms with Gasteiger partial charge in [0.1, 0.15) is 0 Å². The van der Waals surface area contributed by atoms with Crippen LogP contribution in [0, 0.1) is 0 Å². The van der Waals surface area contributed by atoms with E-state index < -0.39 is 41.6 Å². The van der Waals surface area contributed by atoms with Crippen molar-refractivity contribution in [1.29, 1.82) is 0 Å². The maximum absolute atomic E-state index is 10.7. The predicted octanol–water partition coefficient (Wildman–Crippen LogP) is -4.58. The molecule has 4 unspecified atom stereocenters. The topological polar surface area (TPSA) is 266 Å². The SMILES string of the molecule is C=C(C)OP(=O)([O-])C(O)P(=O)([O-])[O-].C=C(C)OP(=O)([O-])C(O)P(=O)([O-])[O-].[Ca+2].[Ca+2].[Ca+2]. The van der Waals surface area contributed by atoms with Gasteiger partial charge in [0.2, 0.25) is 15.2 Å². The van der Waals surface area contributed by atoms with Crippen LogP contribution in [0.4, 0.5) is 0 Å². The van der Waals surface area contributed by atoms with E-state index in [4.69, 9.17) is 10.2 Å². The quantitative estimate of drug-likeness (QED) is 0.156. The van der Waals surface area contributed by atoms with Crippen LogP contribution in [-0.2, 0) is 27.3 Å². The van der Waals surface area contributed by atoms with Gasteiger partial charge in [-0.25, -0.2) is 0 Å². The summed E-state index contributed by atoms with van der Waals surface area (Å²) in [5, 5.41) is 17.1. The summed E-state index contributed by atoms with van der Waals surface area (Å²) < 4.78 is 49.4. The van der Waals surface area contributed by atoms with Crippen molar-refractivity contribution < 1.29 is 66.9 Å². The molecule has 0 radical (unpaired) electrons. The van der Waals surface area contributed by atoms with Gasteiger partial charge in [-0.1, -0.05) is 13.2 Å². The van der Waals surface area contributed by atoms with Crippen molar-refractivity contribution in [2.24, 2.45) is 0 Å². The first-order valence-electron chi connectivity index (χ1n) is 5.86. The summed E-state index contributed by atoms with van der Waals surface area (Å²) in [5.41, 5.74) is -6.15. The minimum absolute atomic E-state index is 0. The zero-order valence-corrected chi connectivity index (χ0v) is 25.5. The zero-order valence-electron chi connectivity index (χ0n) is 15.3. The van der Waals surface area contributed by atoms with E-state index in [1.807, 2.05) is 0 Å². The third kappa shape index (κ3) is 19.5. The minimum atomic E-state index is -5.62. The van der Waals surface area contributed by atoms with Crippen LogP contribution in [0.1, 0.15) is 13.8 Å². The molecule has 21 heteroatoms. The van der Waals surface area contributed by atoms with Gasteiger partial charge in [-0.3, -0.25) is 9.13 Å². The van der Waals surface area contributed by atoms with Crippen LogP contribution in [-0.4, -0.2) is 135 Å². The van der Waals surface area contributed by atoms with Gasteiger partial charge in [0.05, 0.1) is 11.5 Å². The largest absolute Gasteiger partial charge is 2.00 e. The van der Waals surface area contributed by atoms with Gasteiger partial charge >= 0.3 is 113 Å². The van der Waals surface area contributed by atoms with Crippen molar-refractivity contribution in [3.63, 3.8) is 0 Å². The third-order valence-corrected chi connectivity index (χ3v) is 8.49. The van der Waals surface area contributed by atoms with Crippen LogP contribution < -0.4 is 29.4 Å². The van der Waals surface area contributed by atoms with Crippen molar-refractivity contribution in [1.82, 2.24) is 0 Å². The molecule has 0 aromatic heterocycles. The molecule has 156 valence electrons. The van der Waals surface area contributed by atoms with E-state index >= 15 is 0 Å². The molecule has 0 aromatic rings. The molecule has 0 aliphatic rings. The summed E-state index contributed by atoms with van der Waals surface area (Å²) >= 11 is 0. The fraction of sp³-hybridized carbons (Fsp3) is 0.500. The van der Waals surface area contributed by atoms with Gasteiger partial charge in [-0.2, -0.15) is 0 Å². The fourth-order valence-electron chi connectivity index (χ4n) is 0.875. The Morgan fingerprint density at radius 1 is 0.690 bits per heavy atom. The average molecular weight is 578 g/mol. The minimum Gasteiger partial charge on any atom is -0.809 e. The molecule has 0 spiro atoms. The van der Waals surface area contributed by atoms with Gasteiger partial charge in [0.15, 0.2) is 11.2 Å². The monoisotopic (exact) mass is 578 g/mol. The Kier molecular flexibility index (Phi) is 24.9. The summed E-state index contributed by atoms with van der Waals surface area (Å²) in [7, 11) is -21.5. The second kappa shape index (κ2) is 17.0. The van der Waals surface area contributed by atoms with E-state index in [9.17, 15) is 47.6 Å². The van der Waals surface area contributed by atoms with Crippen LogP contribution in [0.25, 0.3) is 0 Å². The first-order valence-corrected chi connectivity index (χ1v) is 12.3. The molecule has 4 atom stereocenters. The van der Waals surface area contributed by atoms with Gasteiger partial charge in [0.25, 0.3) is 0 Å². The van der Waals surface area contributed by atoms with E-state index in [0.717, 1.165) is 13.8 Å². The van der Waals surface area contributed by atoms with Crippen LogP contribution in [0.2, 0.25) is 0 Å². The van der Waals surface area contributed by atoms with E-state index in [1.54, 1.807) is 0 Å². The molecule has 0 saturated heterocycles. The van der Waals surface area contributed by atoms with E-state index in [2.05, 4.69) is 22.2 Å². The Hall–Kier alpha value is 3.46. The van der Waals surface area contributed by atoms with Gasteiger partial charge in [-0.05, 0) is 29.0 Å². The molecular formula is C8H14Ca3O14P4. The Bertz CT molecular complexity index is 656. The second-order valence-electron chi connectivity index (χ2n) is 4.44. The molecular weight excluding hydrogens is 564 g/mol. The number of aliphatic hydroxyl groups is 2. The number of rotatable bonds is 8. The van der Waals surface area contributed by atoms with Crippen molar-refractivity contribution in [2.45, 2.75) is 25.0 Å². The van der Waals surface area contributed by atoms with Crippen LogP contribution in [0.15, 0.2) is 24.7 Å². The summed E-state index contributed by atoms with van der Waals surface area (Å²) in [4.78, 5) is 61.8. The Balaban J connectivity index is -0.000000120.